The molecule has 4 nitrogen and oxygen atoms in total. The molecular formula is C23H23F3O4. The van der Waals surface area contributed by atoms with Gasteiger partial charge in [-0.3, -0.25) is 0 Å². The molecule has 0 saturated carbocycles. The molecule has 3 rings (SSSR count). The molecule has 1 heterocycles. The number of halogens is 3. The van der Waals surface area contributed by atoms with Gasteiger partial charge in [0.1, 0.15) is 12.2 Å². The maximum atomic E-state index is 12.7. The molecule has 0 aromatic heterocycles. The quantitative estimate of drug-likeness (QED) is 0.485. The van der Waals surface area contributed by atoms with Crippen molar-refractivity contribution in [2.24, 2.45) is 5.92 Å². The number of alkyl halides is 3. The lowest BCUT2D eigenvalue weighted by Gasteiger charge is -2.23. The van der Waals surface area contributed by atoms with E-state index in [-0.39, 0.29) is 23.6 Å². The summed E-state index contributed by atoms with van der Waals surface area (Å²) < 4.78 is 49.2. The highest BCUT2D eigenvalue weighted by molar-refractivity contribution is 5.91. The van der Waals surface area contributed by atoms with Crippen molar-refractivity contribution in [3.63, 3.8) is 0 Å². The van der Waals surface area contributed by atoms with Gasteiger partial charge in [0.25, 0.3) is 0 Å². The Balaban J connectivity index is 1.78. The van der Waals surface area contributed by atoms with E-state index in [1.807, 2.05) is 26.0 Å². The Morgan fingerprint density at radius 2 is 1.90 bits per heavy atom. The molecule has 1 aliphatic carbocycles. The average Bonchev–Trinajstić information content (AvgIpc) is 3.03. The summed E-state index contributed by atoms with van der Waals surface area (Å²) in [5, 5.41) is 0. The van der Waals surface area contributed by atoms with E-state index in [2.05, 4.69) is 6.58 Å². The van der Waals surface area contributed by atoms with Crippen molar-refractivity contribution < 1.29 is 32.2 Å². The number of hydrogen-bond acceptors (Lipinski definition) is 4. The zero-order valence-electron chi connectivity index (χ0n) is 16.8. The highest BCUT2D eigenvalue weighted by Crippen LogP contribution is 2.33. The van der Waals surface area contributed by atoms with Gasteiger partial charge in [-0.1, -0.05) is 18.2 Å². The van der Waals surface area contributed by atoms with E-state index in [0.717, 1.165) is 35.4 Å². The van der Waals surface area contributed by atoms with Crippen molar-refractivity contribution in [3.05, 3.63) is 70.8 Å². The summed E-state index contributed by atoms with van der Waals surface area (Å²) in [6.45, 7) is 7.70. The van der Waals surface area contributed by atoms with Crippen LogP contribution >= 0.6 is 0 Å². The van der Waals surface area contributed by atoms with Crippen molar-refractivity contribution in [2.75, 3.05) is 0 Å². The van der Waals surface area contributed by atoms with Gasteiger partial charge in [0.15, 0.2) is 0 Å². The Labute approximate surface area is 173 Å². The van der Waals surface area contributed by atoms with Crippen LogP contribution in [-0.4, -0.2) is 24.1 Å². The minimum atomic E-state index is -4.47. The Morgan fingerprint density at radius 1 is 1.23 bits per heavy atom. The van der Waals surface area contributed by atoms with Crippen molar-refractivity contribution in [2.45, 2.75) is 51.5 Å². The molecule has 2 aliphatic rings. The number of rotatable bonds is 3. The summed E-state index contributed by atoms with van der Waals surface area (Å²) in [5.74, 6) is -1.17. The molecule has 0 saturated heterocycles. The summed E-state index contributed by atoms with van der Waals surface area (Å²) in [6.07, 6.45) is -0.359. The molecule has 0 radical (unpaired) electrons. The van der Waals surface area contributed by atoms with Crippen LogP contribution in [0.2, 0.25) is 0 Å². The van der Waals surface area contributed by atoms with Crippen molar-refractivity contribution >= 4 is 11.9 Å². The highest BCUT2D eigenvalue weighted by atomic mass is 19.4. The standard InChI is InChI=1S/C23H23F3O4/c1-13(2)18-10-4-14(3)19(11-7-16-12-20(18)30-22(16)28)29-21(27)15-5-8-17(9-6-15)23(24,25)26/h4-6,8-9,12,18-20H,1,7,10-11H2,2-3H3/b14-4+/t18-,19+,20-/m0/s1. The van der Waals surface area contributed by atoms with Crippen molar-refractivity contribution in [1.29, 1.82) is 0 Å². The lowest BCUT2D eigenvalue weighted by atomic mass is 9.88. The topological polar surface area (TPSA) is 52.6 Å². The van der Waals surface area contributed by atoms with Gasteiger partial charge in [0, 0.05) is 11.5 Å². The lowest BCUT2D eigenvalue weighted by molar-refractivity contribution is -0.141. The summed E-state index contributed by atoms with van der Waals surface area (Å²) in [5.41, 5.74) is 1.44. The molecule has 1 aromatic carbocycles. The smallest absolute Gasteiger partial charge is 0.416 e. The van der Waals surface area contributed by atoms with E-state index in [1.54, 1.807) is 0 Å². The van der Waals surface area contributed by atoms with E-state index in [9.17, 15) is 22.8 Å². The minimum Gasteiger partial charge on any atom is -0.454 e. The molecule has 7 heteroatoms. The highest BCUT2D eigenvalue weighted by Gasteiger charge is 2.34. The predicted molar refractivity (Wildman–Crippen MR) is 105 cm³/mol. The molecule has 0 spiro atoms. The Bertz CT molecular complexity index is 909. The monoisotopic (exact) mass is 420 g/mol. The fraction of sp³-hybridized carbons (Fsp3) is 0.391. The van der Waals surface area contributed by atoms with Gasteiger partial charge in [0.2, 0.25) is 0 Å². The number of esters is 2. The van der Waals surface area contributed by atoms with Crippen LogP contribution in [0.3, 0.4) is 0 Å². The first kappa shape index (κ1) is 21.9. The molecular weight excluding hydrogens is 397 g/mol. The molecule has 1 aliphatic heterocycles. The molecule has 0 unspecified atom stereocenters. The summed E-state index contributed by atoms with van der Waals surface area (Å²) in [6, 6.07) is 3.90. The number of carbonyl (C=O) groups excluding carboxylic acids is 2. The average molecular weight is 420 g/mol. The SMILES string of the molecule is C=C(C)[C@@H]1C/C=C(\C)[C@H](OC(=O)c2ccc(C(F)(F)F)cc2)CCC2=C[C@@H]1OC2=O. The van der Waals surface area contributed by atoms with Crippen LogP contribution in [0.5, 0.6) is 0 Å². The number of benzene rings is 1. The molecule has 1 aromatic rings. The fourth-order valence-corrected chi connectivity index (χ4v) is 3.60. The van der Waals surface area contributed by atoms with Crippen molar-refractivity contribution in [3.8, 4) is 0 Å². The normalized spacial score (nSPS) is 26.2. The minimum absolute atomic E-state index is 0.0345. The third-order valence-electron chi connectivity index (χ3n) is 5.48. The molecule has 0 fully saturated rings. The van der Waals surface area contributed by atoms with Crippen LogP contribution < -0.4 is 0 Å². The Morgan fingerprint density at radius 3 is 2.50 bits per heavy atom. The predicted octanol–water partition coefficient (Wildman–Crippen LogP) is 5.41. The molecule has 2 bridgehead atoms. The first-order valence-electron chi connectivity index (χ1n) is 9.68. The maximum Gasteiger partial charge on any atom is 0.416 e. The molecule has 3 atom stereocenters. The number of carbonyl (C=O) groups is 2. The van der Waals surface area contributed by atoms with E-state index < -0.39 is 23.8 Å². The van der Waals surface area contributed by atoms with E-state index >= 15 is 0 Å². The summed E-state index contributed by atoms with van der Waals surface area (Å²) in [7, 11) is 0. The summed E-state index contributed by atoms with van der Waals surface area (Å²) in [4.78, 5) is 24.7. The number of allylic oxidation sites excluding steroid dienone is 1. The molecule has 0 N–H and O–H groups in total. The van der Waals surface area contributed by atoms with E-state index in [4.69, 9.17) is 9.47 Å². The zero-order valence-corrected chi connectivity index (χ0v) is 16.8. The van der Waals surface area contributed by atoms with Crippen LogP contribution in [-0.2, 0) is 20.4 Å². The lowest BCUT2D eigenvalue weighted by Crippen LogP contribution is -2.22. The van der Waals surface area contributed by atoms with Gasteiger partial charge < -0.3 is 9.47 Å². The van der Waals surface area contributed by atoms with Crippen LogP contribution in [0.15, 0.2) is 59.7 Å². The van der Waals surface area contributed by atoms with Gasteiger partial charge in [-0.2, -0.15) is 13.2 Å². The van der Waals surface area contributed by atoms with Gasteiger partial charge in [-0.15, -0.1) is 0 Å². The van der Waals surface area contributed by atoms with E-state index in [0.29, 0.717) is 24.8 Å². The number of fused-ring (bicyclic) bond motifs is 1. The van der Waals surface area contributed by atoms with E-state index in [1.165, 1.54) is 0 Å². The number of hydrogen-bond donors (Lipinski definition) is 0. The number of ether oxygens (including phenoxy) is 2. The van der Waals surface area contributed by atoms with Crippen molar-refractivity contribution in [1.82, 2.24) is 0 Å². The maximum absolute atomic E-state index is 12.7. The largest absolute Gasteiger partial charge is 0.454 e. The second-order valence-corrected chi connectivity index (χ2v) is 7.71. The van der Waals surface area contributed by atoms with Gasteiger partial charge in [0.05, 0.1) is 11.1 Å². The Kier molecular flexibility index (Phi) is 6.19. The second-order valence-electron chi connectivity index (χ2n) is 7.71. The van der Waals surface area contributed by atoms with Crippen LogP contribution in [0.4, 0.5) is 13.2 Å². The Hall–Kier alpha value is -2.83. The second kappa shape index (κ2) is 8.50. The molecule has 30 heavy (non-hydrogen) atoms. The molecule has 0 amide bonds. The summed E-state index contributed by atoms with van der Waals surface area (Å²) >= 11 is 0. The van der Waals surface area contributed by atoms with Crippen LogP contribution in [0.1, 0.15) is 49.0 Å². The van der Waals surface area contributed by atoms with Gasteiger partial charge in [-0.25, -0.2) is 9.59 Å². The van der Waals surface area contributed by atoms with Crippen LogP contribution in [0.25, 0.3) is 0 Å². The third-order valence-corrected chi connectivity index (χ3v) is 5.48. The van der Waals surface area contributed by atoms with Gasteiger partial charge >= 0.3 is 18.1 Å². The first-order chi connectivity index (χ1) is 14.1. The van der Waals surface area contributed by atoms with Gasteiger partial charge in [-0.05, 0) is 69.0 Å². The molecule has 160 valence electrons. The third kappa shape index (κ3) is 4.83. The van der Waals surface area contributed by atoms with Crippen LogP contribution in [0, 0.1) is 5.92 Å². The first-order valence-corrected chi connectivity index (χ1v) is 9.68. The fourth-order valence-electron chi connectivity index (χ4n) is 3.60. The zero-order chi connectivity index (χ0) is 22.1.